The fourth-order valence-electron chi connectivity index (χ4n) is 2.09. The van der Waals surface area contributed by atoms with Crippen LogP contribution in [0.15, 0.2) is 54.6 Å². The number of halogens is 4. The maximum absolute atomic E-state index is 12.6. The number of carbonyl (C=O) groups is 1. The molecule has 138 valence electrons. The van der Waals surface area contributed by atoms with Crippen molar-refractivity contribution in [3.8, 4) is 0 Å². The third-order valence-electron chi connectivity index (χ3n) is 3.39. The number of carbonyl (C=O) groups excluding carboxylic acids is 1. The van der Waals surface area contributed by atoms with Crippen molar-refractivity contribution in [3.63, 3.8) is 0 Å². The van der Waals surface area contributed by atoms with Gasteiger partial charge in [-0.2, -0.15) is 13.2 Å². The molecule has 0 aliphatic rings. The Labute approximate surface area is 161 Å². The molecule has 3 aromatic rings. The van der Waals surface area contributed by atoms with Crippen molar-refractivity contribution in [2.45, 2.75) is 6.18 Å². The van der Waals surface area contributed by atoms with Crippen molar-refractivity contribution in [1.82, 2.24) is 10.2 Å². The van der Waals surface area contributed by atoms with Crippen LogP contribution >= 0.6 is 22.9 Å². The van der Waals surface area contributed by atoms with Gasteiger partial charge < -0.3 is 5.32 Å². The van der Waals surface area contributed by atoms with Gasteiger partial charge >= 0.3 is 6.18 Å². The van der Waals surface area contributed by atoms with E-state index in [0.717, 1.165) is 23.5 Å². The Hall–Kier alpha value is -2.71. The summed E-state index contributed by atoms with van der Waals surface area (Å²) in [6.45, 7) is 0. The van der Waals surface area contributed by atoms with E-state index in [4.69, 9.17) is 11.6 Å². The van der Waals surface area contributed by atoms with Crippen LogP contribution < -0.4 is 5.32 Å². The van der Waals surface area contributed by atoms with Crippen molar-refractivity contribution in [3.05, 3.63) is 75.7 Å². The van der Waals surface area contributed by atoms with Gasteiger partial charge in [-0.15, -0.1) is 10.2 Å². The largest absolute Gasteiger partial charge is 0.416 e. The van der Waals surface area contributed by atoms with E-state index in [1.165, 1.54) is 18.2 Å². The molecule has 0 aliphatic carbocycles. The summed E-state index contributed by atoms with van der Waals surface area (Å²) in [5, 5.41) is 10.9. The molecule has 0 fully saturated rings. The lowest BCUT2D eigenvalue weighted by atomic mass is 10.1. The number of nitrogens with one attached hydrogen (secondary N) is 1. The standard InChI is InChI=1S/C18H11ClF3N3OS/c19-14(10-11-6-8-12(9-7-11)18(20,21)22)16-24-25-17(27-16)15(26)23-13-4-2-1-3-5-13/h1-10H,(H,23,26). The van der Waals surface area contributed by atoms with Crippen molar-refractivity contribution in [2.24, 2.45) is 0 Å². The van der Waals surface area contributed by atoms with Crippen LogP contribution in [0, 0.1) is 0 Å². The molecule has 0 spiro atoms. The first-order chi connectivity index (χ1) is 12.8. The average molecular weight is 410 g/mol. The van der Waals surface area contributed by atoms with Gasteiger partial charge in [-0.25, -0.2) is 0 Å². The van der Waals surface area contributed by atoms with Gasteiger partial charge in [0.25, 0.3) is 5.91 Å². The van der Waals surface area contributed by atoms with Crippen LogP contribution in [0.4, 0.5) is 18.9 Å². The zero-order valence-electron chi connectivity index (χ0n) is 13.5. The number of benzene rings is 2. The van der Waals surface area contributed by atoms with E-state index in [2.05, 4.69) is 15.5 Å². The highest BCUT2D eigenvalue weighted by Gasteiger charge is 2.29. The molecule has 27 heavy (non-hydrogen) atoms. The van der Waals surface area contributed by atoms with Gasteiger partial charge in [-0.3, -0.25) is 4.79 Å². The zero-order chi connectivity index (χ0) is 19.4. The number of amides is 1. The monoisotopic (exact) mass is 409 g/mol. The number of hydrogen-bond acceptors (Lipinski definition) is 4. The molecule has 9 heteroatoms. The molecule has 0 unspecified atom stereocenters. The highest BCUT2D eigenvalue weighted by molar-refractivity contribution is 7.15. The second-order valence-electron chi connectivity index (χ2n) is 5.34. The van der Waals surface area contributed by atoms with E-state index < -0.39 is 17.6 Å². The van der Waals surface area contributed by atoms with E-state index in [1.807, 2.05) is 6.07 Å². The molecule has 1 N–H and O–H groups in total. The lowest BCUT2D eigenvalue weighted by molar-refractivity contribution is -0.137. The molecule has 0 saturated heterocycles. The van der Waals surface area contributed by atoms with E-state index >= 15 is 0 Å². The molecule has 1 amide bonds. The minimum atomic E-state index is -4.40. The van der Waals surface area contributed by atoms with Crippen LogP contribution in [0.1, 0.15) is 25.9 Å². The van der Waals surface area contributed by atoms with Gasteiger partial charge in [0, 0.05) is 5.69 Å². The van der Waals surface area contributed by atoms with Gasteiger partial charge in [0.2, 0.25) is 5.01 Å². The summed E-state index contributed by atoms with van der Waals surface area (Å²) in [6, 6.07) is 13.4. The predicted molar refractivity (Wildman–Crippen MR) is 99.5 cm³/mol. The van der Waals surface area contributed by atoms with Gasteiger partial charge in [0.05, 0.1) is 10.6 Å². The van der Waals surface area contributed by atoms with Gasteiger partial charge in [0.1, 0.15) is 0 Å². The molecular weight excluding hydrogens is 399 g/mol. The van der Waals surface area contributed by atoms with Crippen LogP contribution in [0.2, 0.25) is 0 Å². The Morgan fingerprint density at radius 3 is 2.26 bits per heavy atom. The SMILES string of the molecule is O=C(Nc1ccccc1)c1nnc(C(Cl)=Cc2ccc(C(F)(F)F)cc2)s1. The zero-order valence-corrected chi connectivity index (χ0v) is 15.1. The Morgan fingerprint density at radius 2 is 1.63 bits per heavy atom. The fourth-order valence-corrected chi connectivity index (χ4v) is 3.02. The number of rotatable bonds is 4. The van der Waals surface area contributed by atoms with Gasteiger partial charge in [-0.05, 0) is 35.9 Å². The summed E-state index contributed by atoms with van der Waals surface area (Å²) in [7, 11) is 0. The second-order valence-corrected chi connectivity index (χ2v) is 6.73. The highest BCUT2D eigenvalue weighted by Crippen LogP contribution is 2.30. The molecule has 0 aliphatic heterocycles. The van der Waals surface area contributed by atoms with E-state index in [1.54, 1.807) is 24.3 Å². The summed E-state index contributed by atoms with van der Waals surface area (Å²) in [5.41, 5.74) is 0.343. The summed E-state index contributed by atoms with van der Waals surface area (Å²) in [5.74, 6) is -0.427. The number of nitrogens with zero attached hydrogens (tertiary/aromatic N) is 2. The molecule has 1 heterocycles. The number of aromatic nitrogens is 2. The summed E-state index contributed by atoms with van der Waals surface area (Å²) < 4.78 is 37.8. The summed E-state index contributed by atoms with van der Waals surface area (Å²) in [6.07, 6.45) is -2.94. The average Bonchev–Trinajstić information content (AvgIpc) is 3.13. The summed E-state index contributed by atoms with van der Waals surface area (Å²) >= 11 is 7.14. The molecule has 0 atom stereocenters. The number of anilines is 1. The van der Waals surface area contributed by atoms with Crippen LogP contribution in [0.3, 0.4) is 0 Å². The quantitative estimate of drug-likeness (QED) is 0.615. The maximum atomic E-state index is 12.6. The van der Waals surface area contributed by atoms with Crippen molar-refractivity contribution < 1.29 is 18.0 Å². The summed E-state index contributed by atoms with van der Waals surface area (Å²) in [4.78, 5) is 12.2. The third kappa shape index (κ3) is 4.93. The fraction of sp³-hybridized carbons (Fsp3) is 0.0556. The minimum Gasteiger partial charge on any atom is -0.320 e. The van der Waals surface area contributed by atoms with Crippen molar-refractivity contribution in [2.75, 3.05) is 5.32 Å². The molecule has 2 aromatic carbocycles. The predicted octanol–water partition coefficient (Wildman–Crippen LogP) is 5.55. The topological polar surface area (TPSA) is 54.9 Å². The van der Waals surface area contributed by atoms with E-state index in [0.29, 0.717) is 11.3 Å². The minimum absolute atomic E-state index is 0.118. The highest BCUT2D eigenvalue weighted by atomic mass is 35.5. The van der Waals surface area contributed by atoms with Crippen molar-refractivity contribution >= 4 is 45.6 Å². The van der Waals surface area contributed by atoms with Crippen LogP contribution in [-0.4, -0.2) is 16.1 Å². The third-order valence-corrected chi connectivity index (χ3v) is 4.74. The molecule has 4 nitrogen and oxygen atoms in total. The number of hydrogen-bond donors (Lipinski definition) is 1. The van der Waals surface area contributed by atoms with Gasteiger partial charge in [-0.1, -0.05) is 53.3 Å². The smallest absolute Gasteiger partial charge is 0.320 e. The van der Waals surface area contributed by atoms with Crippen LogP contribution in [0.25, 0.3) is 11.1 Å². The Bertz CT molecular complexity index is 970. The van der Waals surface area contributed by atoms with E-state index in [9.17, 15) is 18.0 Å². The molecule has 0 radical (unpaired) electrons. The first-order valence-electron chi connectivity index (χ1n) is 7.57. The maximum Gasteiger partial charge on any atom is 0.416 e. The van der Waals surface area contributed by atoms with Gasteiger partial charge in [0.15, 0.2) is 5.01 Å². The molecule has 0 saturated carbocycles. The van der Waals surface area contributed by atoms with Crippen LogP contribution in [-0.2, 0) is 6.18 Å². The molecular formula is C18H11ClF3N3OS. The Kier molecular flexibility index (Phi) is 5.57. The van der Waals surface area contributed by atoms with Crippen LogP contribution in [0.5, 0.6) is 0 Å². The molecule has 3 rings (SSSR count). The Balaban J connectivity index is 1.73. The number of alkyl halides is 3. The lowest BCUT2D eigenvalue weighted by Gasteiger charge is -2.06. The second kappa shape index (κ2) is 7.89. The number of para-hydroxylation sites is 1. The Morgan fingerprint density at radius 1 is 1.00 bits per heavy atom. The first-order valence-corrected chi connectivity index (χ1v) is 8.77. The van der Waals surface area contributed by atoms with Crippen molar-refractivity contribution in [1.29, 1.82) is 0 Å². The lowest BCUT2D eigenvalue weighted by Crippen LogP contribution is -2.11. The molecule has 0 bridgehead atoms. The first kappa shape index (κ1) is 19.1. The normalized spacial score (nSPS) is 12.1. The molecule has 1 aromatic heterocycles. The van der Waals surface area contributed by atoms with E-state index in [-0.39, 0.29) is 15.0 Å².